The molecule has 0 saturated carbocycles. The molecule has 5 heteroatoms. The quantitative estimate of drug-likeness (QED) is 0.872. The number of hydrogen-bond acceptors (Lipinski definition) is 4. The molecule has 2 N–H and O–H groups in total. The molecular formula is C14H13NO3S. The van der Waals surface area contributed by atoms with Gasteiger partial charge in [-0.05, 0) is 48.2 Å². The number of nitrogens with two attached hydrogens (primary N) is 1. The van der Waals surface area contributed by atoms with Gasteiger partial charge in [0.25, 0.3) is 0 Å². The van der Waals surface area contributed by atoms with Crippen LogP contribution in [0.25, 0.3) is 0 Å². The lowest BCUT2D eigenvalue weighted by Crippen LogP contribution is -2.11. The topological polar surface area (TPSA) is 69.4 Å². The van der Waals surface area contributed by atoms with Crippen molar-refractivity contribution in [2.75, 3.05) is 0 Å². The van der Waals surface area contributed by atoms with Gasteiger partial charge in [0.1, 0.15) is 6.61 Å². The summed E-state index contributed by atoms with van der Waals surface area (Å²) in [7, 11) is 0. The maximum Gasteiger partial charge on any atom is 0.338 e. The van der Waals surface area contributed by atoms with E-state index in [4.69, 9.17) is 10.5 Å². The van der Waals surface area contributed by atoms with Crippen LogP contribution in [0.1, 0.15) is 31.2 Å². The van der Waals surface area contributed by atoms with Gasteiger partial charge in [0.15, 0.2) is 0 Å². The number of aryl methyl sites for hydroxylation is 1. The lowest BCUT2D eigenvalue weighted by atomic mass is 10.1. The van der Waals surface area contributed by atoms with Crippen molar-refractivity contribution < 1.29 is 14.3 Å². The van der Waals surface area contributed by atoms with Crippen LogP contribution in [-0.4, -0.2) is 11.9 Å². The van der Waals surface area contributed by atoms with E-state index in [0.717, 1.165) is 10.4 Å². The molecule has 2 aromatic rings. The molecule has 1 heterocycles. The fraction of sp³-hybridized carbons (Fsp3) is 0.143. The highest BCUT2D eigenvalue weighted by atomic mass is 32.1. The van der Waals surface area contributed by atoms with Crippen LogP contribution in [0.15, 0.2) is 35.7 Å². The number of carbonyl (C=O) groups is 2. The van der Waals surface area contributed by atoms with Crippen LogP contribution in [0.3, 0.4) is 0 Å². The van der Waals surface area contributed by atoms with E-state index in [1.807, 2.05) is 18.4 Å². The van der Waals surface area contributed by atoms with Gasteiger partial charge in [-0.15, -0.1) is 11.3 Å². The van der Waals surface area contributed by atoms with Crippen molar-refractivity contribution in [1.82, 2.24) is 0 Å². The number of carbonyl (C=O) groups excluding carboxylic acids is 2. The van der Waals surface area contributed by atoms with Crippen LogP contribution in [0.5, 0.6) is 0 Å². The molecule has 1 aromatic carbocycles. The van der Waals surface area contributed by atoms with Crippen molar-refractivity contribution in [2.45, 2.75) is 13.5 Å². The Labute approximate surface area is 114 Å². The zero-order valence-corrected chi connectivity index (χ0v) is 11.2. The van der Waals surface area contributed by atoms with E-state index in [2.05, 4.69) is 0 Å². The lowest BCUT2D eigenvalue weighted by molar-refractivity contribution is 0.0476. The average molecular weight is 275 g/mol. The van der Waals surface area contributed by atoms with Crippen LogP contribution in [0.4, 0.5) is 0 Å². The fourth-order valence-corrected chi connectivity index (χ4v) is 2.35. The summed E-state index contributed by atoms with van der Waals surface area (Å²) in [5.74, 6) is -0.932. The third kappa shape index (κ3) is 3.20. The van der Waals surface area contributed by atoms with E-state index in [1.165, 1.54) is 24.3 Å². The second kappa shape index (κ2) is 5.67. The molecule has 0 spiro atoms. The molecule has 19 heavy (non-hydrogen) atoms. The number of ether oxygens (including phenoxy) is 1. The van der Waals surface area contributed by atoms with E-state index < -0.39 is 11.9 Å². The standard InChI is InChI=1S/C14H13NO3S/c1-9-6-7-19-12(9)8-18-14(17)11-4-2-10(3-5-11)13(15)16/h2-7H,8H2,1H3,(H2,15,16). The first kappa shape index (κ1) is 13.3. The van der Waals surface area contributed by atoms with Crippen LogP contribution in [-0.2, 0) is 11.3 Å². The zero-order valence-electron chi connectivity index (χ0n) is 10.4. The predicted molar refractivity (Wildman–Crippen MR) is 73.1 cm³/mol. The van der Waals surface area contributed by atoms with Crippen LogP contribution in [0, 0.1) is 6.92 Å². The van der Waals surface area contributed by atoms with Crippen LogP contribution >= 0.6 is 11.3 Å². The van der Waals surface area contributed by atoms with E-state index in [1.54, 1.807) is 11.3 Å². The minimum Gasteiger partial charge on any atom is -0.456 e. The highest BCUT2D eigenvalue weighted by molar-refractivity contribution is 7.10. The van der Waals surface area contributed by atoms with Gasteiger partial charge in [-0.25, -0.2) is 4.79 Å². The summed E-state index contributed by atoms with van der Waals surface area (Å²) in [5, 5.41) is 1.96. The van der Waals surface area contributed by atoms with Gasteiger partial charge in [0.05, 0.1) is 5.56 Å². The first-order valence-corrected chi connectivity index (χ1v) is 6.56. The van der Waals surface area contributed by atoms with Gasteiger partial charge in [0.2, 0.25) is 5.91 Å². The fourth-order valence-electron chi connectivity index (χ4n) is 1.54. The molecule has 0 fully saturated rings. The Morgan fingerprint density at radius 2 is 1.79 bits per heavy atom. The highest BCUT2D eigenvalue weighted by Gasteiger charge is 2.09. The first-order chi connectivity index (χ1) is 9.08. The summed E-state index contributed by atoms with van der Waals surface area (Å²) in [6.07, 6.45) is 0. The van der Waals surface area contributed by atoms with Crippen molar-refractivity contribution in [3.8, 4) is 0 Å². The molecule has 0 aliphatic carbocycles. The Balaban J connectivity index is 2.00. The normalized spacial score (nSPS) is 10.2. The van der Waals surface area contributed by atoms with Gasteiger partial charge in [0, 0.05) is 10.4 Å². The molecule has 2 rings (SSSR count). The third-order valence-electron chi connectivity index (χ3n) is 2.71. The van der Waals surface area contributed by atoms with Crippen LogP contribution < -0.4 is 5.73 Å². The summed E-state index contributed by atoms with van der Waals surface area (Å²) >= 11 is 1.55. The molecule has 98 valence electrons. The van der Waals surface area contributed by atoms with E-state index in [0.29, 0.717) is 11.1 Å². The third-order valence-corrected chi connectivity index (χ3v) is 3.70. The van der Waals surface area contributed by atoms with Crippen molar-refractivity contribution in [3.05, 3.63) is 57.3 Å². The Morgan fingerprint density at radius 3 is 2.32 bits per heavy atom. The summed E-state index contributed by atoms with van der Waals surface area (Å²) < 4.78 is 5.21. The number of amides is 1. The molecule has 1 aromatic heterocycles. The maximum atomic E-state index is 11.8. The van der Waals surface area contributed by atoms with E-state index in [9.17, 15) is 9.59 Å². The molecule has 0 aliphatic heterocycles. The number of primary amides is 1. The average Bonchev–Trinajstić information content (AvgIpc) is 2.81. The van der Waals surface area contributed by atoms with Crippen molar-refractivity contribution in [2.24, 2.45) is 5.73 Å². The first-order valence-electron chi connectivity index (χ1n) is 5.68. The predicted octanol–water partition coefficient (Wildman–Crippen LogP) is 2.51. The van der Waals surface area contributed by atoms with Gasteiger partial charge >= 0.3 is 5.97 Å². The lowest BCUT2D eigenvalue weighted by Gasteiger charge is -2.04. The zero-order chi connectivity index (χ0) is 13.8. The van der Waals surface area contributed by atoms with Crippen molar-refractivity contribution in [3.63, 3.8) is 0 Å². The smallest absolute Gasteiger partial charge is 0.338 e. The van der Waals surface area contributed by atoms with E-state index in [-0.39, 0.29) is 6.61 Å². The monoisotopic (exact) mass is 275 g/mol. The van der Waals surface area contributed by atoms with Gasteiger partial charge in [-0.2, -0.15) is 0 Å². The Bertz CT molecular complexity index is 601. The minimum atomic E-state index is -0.519. The second-order valence-electron chi connectivity index (χ2n) is 4.04. The Morgan fingerprint density at radius 1 is 1.16 bits per heavy atom. The molecule has 1 amide bonds. The summed E-state index contributed by atoms with van der Waals surface area (Å²) in [4.78, 5) is 23.7. The minimum absolute atomic E-state index is 0.264. The van der Waals surface area contributed by atoms with Gasteiger partial charge < -0.3 is 10.5 Å². The van der Waals surface area contributed by atoms with Crippen molar-refractivity contribution >= 4 is 23.2 Å². The number of thiophene rings is 1. The largest absolute Gasteiger partial charge is 0.456 e. The Kier molecular flexibility index (Phi) is 3.97. The molecular weight excluding hydrogens is 262 g/mol. The molecule has 0 aliphatic rings. The molecule has 0 saturated heterocycles. The molecule has 4 nitrogen and oxygen atoms in total. The summed E-state index contributed by atoms with van der Waals surface area (Å²) in [6, 6.07) is 8.06. The number of benzene rings is 1. The van der Waals surface area contributed by atoms with E-state index >= 15 is 0 Å². The summed E-state index contributed by atoms with van der Waals surface area (Å²) in [5.41, 5.74) is 7.01. The molecule has 0 unspecified atom stereocenters. The van der Waals surface area contributed by atoms with Gasteiger partial charge in [-0.3, -0.25) is 4.79 Å². The SMILES string of the molecule is Cc1ccsc1COC(=O)c1ccc(C(N)=O)cc1. The summed E-state index contributed by atoms with van der Waals surface area (Å²) in [6.45, 7) is 2.24. The van der Waals surface area contributed by atoms with Crippen molar-refractivity contribution in [1.29, 1.82) is 0 Å². The maximum absolute atomic E-state index is 11.8. The Hall–Kier alpha value is -2.14. The second-order valence-corrected chi connectivity index (χ2v) is 5.05. The van der Waals surface area contributed by atoms with Crippen LogP contribution in [0.2, 0.25) is 0 Å². The molecule has 0 atom stereocenters. The highest BCUT2D eigenvalue weighted by Crippen LogP contribution is 2.17. The number of rotatable bonds is 4. The molecule has 0 bridgehead atoms. The van der Waals surface area contributed by atoms with Gasteiger partial charge in [-0.1, -0.05) is 0 Å². The number of hydrogen-bond donors (Lipinski definition) is 1. The number of esters is 1. The molecule has 0 radical (unpaired) electrons.